The predicted molar refractivity (Wildman–Crippen MR) is 137 cm³/mol. The number of carbonyl (C=O) groups excluding carboxylic acids is 3. The minimum absolute atomic E-state index is 0.100. The molecule has 190 valence electrons. The number of benzene rings is 1. The van der Waals surface area contributed by atoms with Gasteiger partial charge in [-0.1, -0.05) is 30.8 Å². The third-order valence-corrected chi connectivity index (χ3v) is 7.02. The van der Waals surface area contributed by atoms with E-state index in [0.29, 0.717) is 54.0 Å². The minimum Gasteiger partial charge on any atom is -0.467 e. The molecule has 0 aliphatic carbocycles. The first kappa shape index (κ1) is 25.6. The lowest BCUT2D eigenvalue weighted by Gasteiger charge is -2.27. The van der Waals surface area contributed by atoms with Gasteiger partial charge in [-0.3, -0.25) is 19.4 Å². The number of amides is 3. The van der Waals surface area contributed by atoms with Crippen molar-refractivity contribution in [2.45, 2.75) is 44.0 Å². The molecular weight excluding hydrogens is 482 g/mol. The van der Waals surface area contributed by atoms with E-state index in [1.807, 2.05) is 31.2 Å². The van der Waals surface area contributed by atoms with E-state index < -0.39 is 11.3 Å². The van der Waals surface area contributed by atoms with Crippen LogP contribution in [0.15, 0.2) is 57.1 Å². The van der Waals surface area contributed by atoms with Crippen molar-refractivity contribution in [3.8, 4) is 0 Å². The highest BCUT2D eigenvalue weighted by molar-refractivity contribution is 8.15. The number of fused-ring (bicyclic) bond motifs is 3. The summed E-state index contributed by atoms with van der Waals surface area (Å²) < 4.78 is 10.3. The smallest absolute Gasteiger partial charge is 0.259 e. The molecule has 3 amide bonds. The van der Waals surface area contributed by atoms with Crippen LogP contribution in [-0.2, 0) is 25.7 Å². The number of rotatable bonds is 11. The first-order valence-corrected chi connectivity index (χ1v) is 12.7. The molecule has 1 aromatic carbocycles. The van der Waals surface area contributed by atoms with E-state index >= 15 is 0 Å². The molecule has 0 saturated carbocycles. The SMILES string of the molecule is CCC(SC1=Nc2ccccc2C2=NC(CC(=O)NCc3ccco3)C(=O)N12)C(=O)NCCCOC. The van der Waals surface area contributed by atoms with Gasteiger partial charge in [0, 0.05) is 25.8 Å². The average molecular weight is 512 g/mol. The molecule has 0 bridgehead atoms. The van der Waals surface area contributed by atoms with E-state index in [1.165, 1.54) is 22.9 Å². The molecule has 0 fully saturated rings. The Morgan fingerprint density at radius 2 is 2.06 bits per heavy atom. The maximum atomic E-state index is 13.4. The molecule has 0 spiro atoms. The molecule has 10 nitrogen and oxygen atoms in total. The molecular formula is C25H29N5O5S. The van der Waals surface area contributed by atoms with Crippen molar-refractivity contribution >= 4 is 46.2 Å². The molecule has 2 aliphatic heterocycles. The molecule has 1 aromatic heterocycles. The summed E-state index contributed by atoms with van der Waals surface area (Å²) in [4.78, 5) is 49.5. The van der Waals surface area contributed by atoms with Crippen molar-refractivity contribution in [2.75, 3.05) is 20.3 Å². The summed E-state index contributed by atoms with van der Waals surface area (Å²) in [6, 6.07) is 10.0. The fourth-order valence-corrected chi connectivity index (χ4v) is 4.90. The number of furan rings is 1. The summed E-state index contributed by atoms with van der Waals surface area (Å²) in [5.74, 6) is 0.298. The van der Waals surface area contributed by atoms with Crippen molar-refractivity contribution in [2.24, 2.45) is 9.98 Å². The number of hydrogen-bond donors (Lipinski definition) is 2. The van der Waals surface area contributed by atoms with Crippen LogP contribution in [0.4, 0.5) is 5.69 Å². The van der Waals surface area contributed by atoms with E-state index in [1.54, 1.807) is 19.2 Å². The zero-order valence-corrected chi connectivity index (χ0v) is 21.0. The fraction of sp³-hybridized carbons (Fsp3) is 0.400. The lowest BCUT2D eigenvalue weighted by molar-refractivity contribution is -0.128. The lowest BCUT2D eigenvalue weighted by atomic mass is 10.1. The Bertz CT molecular complexity index is 1160. The van der Waals surface area contributed by atoms with E-state index in [9.17, 15) is 14.4 Å². The molecule has 0 saturated heterocycles. The van der Waals surface area contributed by atoms with Gasteiger partial charge in [-0.15, -0.1) is 0 Å². The second-order valence-corrected chi connectivity index (χ2v) is 9.44. The number of nitrogens with zero attached hydrogens (tertiary/aromatic N) is 3. The van der Waals surface area contributed by atoms with Crippen LogP contribution in [0.1, 0.15) is 37.5 Å². The summed E-state index contributed by atoms with van der Waals surface area (Å²) in [5.41, 5.74) is 1.38. The third-order valence-electron chi connectivity index (χ3n) is 5.70. The Balaban J connectivity index is 1.49. The minimum atomic E-state index is -0.878. The van der Waals surface area contributed by atoms with Crippen LogP contribution in [0.5, 0.6) is 0 Å². The van der Waals surface area contributed by atoms with Crippen LogP contribution in [-0.4, -0.2) is 65.2 Å². The number of amidine groups is 2. The molecule has 36 heavy (non-hydrogen) atoms. The molecule has 2 aliphatic rings. The van der Waals surface area contributed by atoms with Crippen molar-refractivity contribution in [1.82, 2.24) is 15.5 Å². The Morgan fingerprint density at radius 1 is 1.22 bits per heavy atom. The Morgan fingerprint density at radius 3 is 2.81 bits per heavy atom. The number of ether oxygens (including phenoxy) is 1. The summed E-state index contributed by atoms with van der Waals surface area (Å²) >= 11 is 1.23. The molecule has 11 heteroatoms. The standard InChI is InChI=1S/C25H29N5O5S/c1-3-20(23(32)26-11-7-12-34-2)36-25-29-18-10-5-4-9-17(18)22-28-19(24(33)30(22)25)14-21(31)27-15-16-8-6-13-35-16/h4-6,8-10,13,19-20H,3,7,11-12,14-15H2,1-2H3,(H,26,32)(H,27,31). The Hall–Kier alpha value is -3.44. The molecule has 2 atom stereocenters. The van der Waals surface area contributed by atoms with Crippen LogP contribution in [0.3, 0.4) is 0 Å². The molecule has 3 heterocycles. The normalized spacial score (nSPS) is 17.1. The van der Waals surface area contributed by atoms with Crippen LogP contribution < -0.4 is 10.6 Å². The monoisotopic (exact) mass is 511 g/mol. The van der Waals surface area contributed by atoms with Gasteiger partial charge in [-0.2, -0.15) is 0 Å². The number of methoxy groups -OCH3 is 1. The molecule has 4 rings (SSSR count). The molecule has 2 unspecified atom stereocenters. The van der Waals surface area contributed by atoms with Crippen LogP contribution in [0, 0.1) is 0 Å². The van der Waals surface area contributed by atoms with Crippen LogP contribution in [0.2, 0.25) is 0 Å². The van der Waals surface area contributed by atoms with Gasteiger partial charge in [-0.05, 0) is 37.1 Å². The first-order chi connectivity index (χ1) is 17.5. The van der Waals surface area contributed by atoms with E-state index in [4.69, 9.17) is 14.1 Å². The van der Waals surface area contributed by atoms with E-state index in [0.717, 1.165) is 0 Å². The first-order valence-electron chi connectivity index (χ1n) is 11.8. The second kappa shape index (κ2) is 12.0. The average Bonchev–Trinajstić information content (AvgIpc) is 3.52. The van der Waals surface area contributed by atoms with Gasteiger partial charge in [0.1, 0.15) is 17.6 Å². The van der Waals surface area contributed by atoms with Crippen molar-refractivity contribution in [1.29, 1.82) is 0 Å². The highest BCUT2D eigenvalue weighted by Gasteiger charge is 2.43. The van der Waals surface area contributed by atoms with E-state index in [2.05, 4.69) is 15.6 Å². The lowest BCUT2D eigenvalue weighted by Crippen LogP contribution is -2.44. The summed E-state index contributed by atoms with van der Waals surface area (Å²) in [7, 11) is 1.62. The number of thioether (sulfide) groups is 1. The summed E-state index contributed by atoms with van der Waals surface area (Å²) in [6.07, 6.45) is 2.69. The number of carbonyl (C=O) groups is 3. The zero-order valence-electron chi connectivity index (χ0n) is 20.2. The quantitative estimate of drug-likeness (QED) is 0.447. The molecule has 2 N–H and O–H groups in total. The summed E-state index contributed by atoms with van der Waals surface area (Å²) in [6.45, 7) is 3.21. The molecule has 0 radical (unpaired) electrons. The number of para-hydroxylation sites is 1. The van der Waals surface area contributed by atoms with Gasteiger partial charge in [0.15, 0.2) is 5.17 Å². The highest BCUT2D eigenvalue weighted by atomic mass is 32.2. The van der Waals surface area contributed by atoms with Crippen molar-refractivity contribution in [3.05, 3.63) is 54.0 Å². The van der Waals surface area contributed by atoms with Gasteiger partial charge in [0.05, 0.1) is 30.2 Å². The Labute approximate surface area is 213 Å². The zero-order chi connectivity index (χ0) is 25.5. The number of nitrogens with one attached hydrogen (secondary N) is 2. The van der Waals surface area contributed by atoms with Gasteiger partial charge < -0.3 is 19.8 Å². The molecule has 2 aromatic rings. The maximum absolute atomic E-state index is 13.4. The van der Waals surface area contributed by atoms with Gasteiger partial charge in [0.25, 0.3) is 5.91 Å². The third kappa shape index (κ3) is 5.85. The number of aliphatic imine (C=N–C) groups is 2. The van der Waals surface area contributed by atoms with Crippen molar-refractivity contribution < 1.29 is 23.5 Å². The highest BCUT2D eigenvalue weighted by Crippen LogP contribution is 2.35. The van der Waals surface area contributed by atoms with Crippen LogP contribution >= 0.6 is 11.8 Å². The van der Waals surface area contributed by atoms with Gasteiger partial charge in [-0.25, -0.2) is 9.89 Å². The van der Waals surface area contributed by atoms with E-state index in [-0.39, 0.29) is 30.7 Å². The fourth-order valence-electron chi connectivity index (χ4n) is 3.85. The second-order valence-electron chi connectivity index (χ2n) is 8.27. The topological polar surface area (TPSA) is 126 Å². The largest absolute Gasteiger partial charge is 0.467 e. The predicted octanol–water partition coefficient (Wildman–Crippen LogP) is 2.61. The number of hydrogen-bond acceptors (Lipinski definition) is 8. The van der Waals surface area contributed by atoms with Crippen LogP contribution in [0.25, 0.3) is 0 Å². The van der Waals surface area contributed by atoms with Gasteiger partial charge in [0.2, 0.25) is 11.8 Å². The van der Waals surface area contributed by atoms with Gasteiger partial charge >= 0.3 is 0 Å². The maximum Gasteiger partial charge on any atom is 0.259 e. The van der Waals surface area contributed by atoms with Crippen molar-refractivity contribution in [3.63, 3.8) is 0 Å². The Kier molecular flexibility index (Phi) is 8.55. The summed E-state index contributed by atoms with van der Waals surface area (Å²) in [5, 5.41) is 5.62.